The first-order valence-electron chi connectivity index (χ1n) is 10.8. The number of likely N-dealkylation sites (tertiary alicyclic amines) is 1. The van der Waals surface area contributed by atoms with E-state index in [2.05, 4.69) is 11.0 Å². The number of hydrogen-bond donors (Lipinski definition) is 0. The van der Waals surface area contributed by atoms with E-state index < -0.39 is 5.41 Å². The van der Waals surface area contributed by atoms with Gasteiger partial charge in [-0.05, 0) is 54.8 Å². The summed E-state index contributed by atoms with van der Waals surface area (Å²) in [6, 6.07) is 15.7. The van der Waals surface area contributed by atoms with Gasteiger partial charge in [0, 0.05) is 25.3 Å². The average Bonchev–Trinajstić information content (AvgIpc) is 3.45. The van der Waals surface area contributed by atoms with E-state index in [0.717, 1.165) is 35.8 Å². The third-order valence-electron chi connectivity index (χ3n) is 6.57. The lowest BCUT2D eigenvalue weighted by Gasteiger charge is -2.38. The SMILES string of the molecule is COc1ccc(N2CC(CN3CCC(C#N)(c4ccc5c(c4)OCO5)CC3)OC2=O)cc1. The van der Waals surface area contributed by atoms with Crippen molar-refractivity contribution in [2.24, 2.45) is 0 Å². The number of benzene rings is 2. The van der Waals surface area contributed by atoms with Crippen LogP contribution in [0.1, 0.15) is 18.4 Å². The second-order valence-electron chi connectivity index (χ2n) is 8.38. The highest BCUT2D eigenvalue weighted by molar-refractivity contribution is 5.89. The van der Waals surface area contributed by atoms with Crippen LogP contribution in [-0.2, 0) is 10.2 Å². The highest BCUT2D eigenvalue weighted by Gasteiger charge is 2.40. The van der Waals surface area contributed by atoms with Gasteiger partial charge in [-0.1, -0.05) is 6.07 Å². The highest BCUT2D eigenvalue weighted by atomic mass is 16.7. The number of anilines is 1. The summed E-state index contributed by atoms with van der Waals surface area (Å²) >= 11 is 0. The zero-order chi connectivity index (χ0) is 22.1. The number of cyclic esters (lactones) is 1. The van der Waals surface area contributed by atoms with Gasteiger partial charge in [0.25, 0.3) is 0 Å². The summed E-state index contributed by atoms with van der Waals surface area (Å²) in [5.74, 6) is 2.18. The maximum Gasteiger partial charge on any atom is 0.414 e. The van der Waals surface area contributed by atoms with Crippen LogP contribution in [0.15, 0.2) is 42.5 Å². The molecule has 8 nitrogen and oxygen atoms in total. The monoisotopic (exact) mass is 435 g/mol. The molecule has 32 heavy (non-hydrogen) atoms. The van der Waals surface area contributed by atoms with E-state index in [-0.39, 0.29) is 19.0 Å². The summed E-state index contributed by atoms with van der Waals surface area (Å²) in [5, 5.41) is 10.0. The van der Waals surface area contributed by atoms with Gasteiger partial charge < -0.3 is 18.9 Å². The lowest BCUT2D eigenvalue weighted by molar-refractivity contribution is 0.0918. The summed E-state index contributed by atoms with van der Waals surface area (Å²) < 4.78 is 21.7. The molecule has 2 aromatic carbocycles. The second-order valence-corrected chi connectivity index (χ2v) is 8.38. The molecule has 0 saturated carbocycles. The van der Waals surface area contributed by atoms with Crippen LogP contribution in [0.3, 0.4) is 0 Å². The molecule has 0 N–H and O–H groups in total. The van der Waals surface area contributed by atoms with Crippen LogP contribution in [0, 0.1) is 11.3 Å². The van der Waals surface area contributed by atoms with Crippen LogP contribution in [0.2, 0.25) is 0 Å². The van der Waals surface area contributed by atoms with Gasteiger partial charge in [0.05, 0.1) is 25.1 Å². The van der Waals surface area contributed by atoms with Crippen molar-refractivity contribution in [2.75, 3.05) is 45.0 Å². The predicted molar refractivity (Wildman–Crippen MR) is 116 cm³/mol. The molecule has 2 aromatic rings. The van der Waals surface area contributed by atoms with E-state index in [9.17, 15) is 10.1 Å². The van der Waals surface area contributed by atoms with Crippen molar-refractivity contribution in [3.05, 3.63) is 48.0 Å². The Balaban J connectivity index is 1.20. The third kappa shape index (κ3) is 3.69. The molecular formula is C24H25N3O5. The standard InChI is InChI=1S/C24H25N3O5/c1-29-19-5-3-18(4-6-19)27-14-20(32-23(27)28)13-26-10-8-24(15-25,9-11-26)17-2-7-21-22(12-17)31-16-30-21/h2-7,12,20H,8-11,13-14,16H2,1H3. The minimum absolute atomic E-state index is 0.204. The lowest BCUT2D eigenvalue weighted by atomic mass is 9.74. The van der Waals surface area contributed by atoms with Crippen molar-refractivity contribution in [3.8, 4) is 23.3 Å². The van der Waals surface area contributed by atoms with Crippen molar-refractivity contribution < 1.29 is 23.7 Å². The number of carbonyl (C=O) groups excluding carboxylic acids is 1. The fraction of sp³-hybridized carbons (Fsp3) is 0.417. The minimum atomic E-state index is -0.543. The van der Waals surface area contributed by atoms with Gasteiger partial charge in [-0.2, -0.15) is 5.26 Å². The zero-order valence-corrected chi connectivity index (χ0v) is 18.0. The molecule has 2 saturated heterocycles. The summed E-state index contributed by atoms with van der Waals surface area (Å²) in [6.07, 6.45) is 0.895. The summed E-state index contributed by atoms with van der Waals surface area (Å²) in [5.41, 5.74) is 1.23. The van der Waals surface area contributed by atoms with Gasteiger partial charge in [-0.25, -0.2) is 4.79 Å². The molecule has 0 bridgehead atoms. The van der Waals surface area contributed by atoms with Crippen molar-refractivity contribution >= 4 is 11.8 Å². The summed E-state index contributed by atoms with van der Waals surface area (Å²) in [6.45, 7) is 2.91. The van der Waals surface area contributed by atoms with Crippen LogP contribution in [-0.4, -0.2) is 57.2 Å². The molecule has 8 heteroatoms. The van der Waals surface area contributed by atoms with E-state index in [1.807, 2.05) is 42.5 Å². The van der Waals surface area contributed by atoms with Gasteiger partial charge in [0.2, 0.25) is 6.79 Å². The summed E-state index contributed by atoms with van der Waals surface area (Å²) in [7, 11) is 1.61. The molecule has 1 unspecified atom stereocenters. The molecule has 3 aliphatic rings. The lowest BCUT2D eigenvalue weighted by Crippen LogP contribution is -2.45. The minimum Gasteiger partial charge on any atom is -0.497 e. The molecule has 1 atom stereocenters. The number of rotatable bonds is 5. The van der Waals surface area contributed by atoms with Crippen LogP contribution in [0.5, 0.6) is 17.2 Å². The van der Waals surface area contributed by atoms with Crippen molar-refractivity contribution in [3.63, 3.8) is 0 Å². The topological polar surface area (TPSA) is 84.3 Å². The van der Waals surface area contributed by atoms with E-state index >= 15 is 0 Å². The van der Waals surface area contributed by atoms with Gasteiger partial charge in [0.1, 0.15) is 11.9 Å². The average molecular weight is 435 g/mol. The van der Waals surface area contributed by atoms with Crippen LogP contribution in [0.4, 0.5) is 10.5 Å². The Morgan fingerprint density at radius 3 is 2.59 bits per heavy atom. The number of ether oxygens (including phenoxy) is 4. The van der Waals surface area contributed by atoms with E-state index in [1.54, 1.807) is 12.0 Å². The Hall–Kier alpha value is -3.44. The van der Waals surface area contributed by atoms with Crippen LogP contribution >= 0.6 is 0 Å². The summed E-state index contributed by atoms with van der Waals surface area (Å²) in [4.78, 5) is 16.3. The largest absolute Gasteiger partial charge is 0.497 e. The number of nitrogens with zero attached hydrogens (tertiary/aromatic N) is 3. The molecule has 166 valence electrons. The van der Waals surface area contributed by atoms with E-state index in [0.29, 0.717) is 31.7 Å². The molecule has 0 aliphatic carbocycles. The van der Waals surface area contributed by atoms with Gasteiger partial charge in [-0.3, -0.25) is 9.80 Å². The molecular weight excluding hydrogens is 410 g/mol. The molecule has 5 rings (SSSR count). The number of nitriles is 1. The molecule has 0 aromatic heterocycles. The van der Waals surface area contributed by atoms with Crippen molar-refractivity contribution in [1.29, 1.82) is 5.26 Å². The maximum absolute atomic E-state index is 12.4. The fourth-order valence-electron chi connectivity index (χ4n) is 4.65. The zero-order valence-electron chi connectivity index (χ0n) is 18.0. The first-order chi connectivity index (χ1) is 15.6. The molecule has 2 fully saturated rings. The Bertz CT molecular complexity index is 1040. The Morgan fingerprint density at radius 2 is 1.88 bits per heavy atom. The smallest absolute Gasteiger partial charge is 0.414 e. The quantitative estimate of drug-likeness (QED) is 0.712. The first-order valence-corrected chi connectivity index (χ1v) is 10.8. The number of methoxy groups -OCH3 is 1. The number of hydrogen-bond acceptors (Lipinski definition) is 7. The number of fused-ring (bicyclic) bond motifs is 1. The van der Waals surface area contributed by atoms with E-state index in [1.165, 1.54) is 0 Å². The van der Waals surface area contributed by atoms with Crippen LogP contribution < -0.4 is 19.1 Å². The number of carbonyl (C=O) groups is 1. The molecule has 3 aliphatic heterocycles. The first kappa shape index (κ1) is 20.5. The van der Waals surface area contributed by atoms with Gasteiger partial charge in [0.15, 0.2) is 11.5 Å². The maximum atomic E-state index is 12.4. The number of amides is 1. The van der Waals surface area contributed by atoms with E-state index in [4.69, 9.17) is 18.9 Å². The fourth-order valence-corrected chi connectivity index (χ4v) is 4.65. The third-order valence-corrected chi connectivity index (χ3v) is 6.57. The Labute approximate surface area is 186 Å². The van der Waals surface area contributed by atoms with Crippen molar-refractivity contribution in [2.45, 2.75) is 24.4 Å². The Kier molecular flexibility index (Phi) is 5.27. The second kappa shape index (κ2) is 8.24. The normalized spacial score (nSPS) is 21.8. The Morgan fingerprint density at radius 1 is 1.12 bits per heavy atom. The van der Waals surface area contributed by atoms with Crippen LogP contribution in [0.25, 0.3) is 0 Å². The molecule has 3 heterocycles. The predicted octanol–water partition coefficient (Wildman–Crippen LogP) is 3.31. The van der Waals surface area contributed by atoms with Gasteiger partial charge in [-0.15, -0.1) is 0 Å². The molecule has 0 spiro atoms. The van der Waals surface area contributed by atoms with Crippen molar-refractivity contribution in [1.82, 2.24) is 4.90 Å². The molecule has 1 amide bonds. The number of piperidine rings is 1. The highest BCUT2D eigenvalue weighted by Crippen LogP contribution is 2.41. The van der Waals surface area contributed by atoms with Gasteiger partial charge >= 0.3 is 6.09 Å². The molecule has 0 radical (unpaired) electrons.